The molecule has 0 spiro atoms. The van der Waals surface area contributed by atoms with E-state index >= 15 is 0 Å². The lowest BCUT2D eigenvalue weighted by atomic mass is 10.4. The van der Waals surface area contributed by atoms with Crippen molar-refractivity contribution in [2.75, 3.05) is 7.05 Å². The van der Waals surface area contributed by atoms with Crippen LogP contribution in [-0.4, -0.2) is 22.9 Å². The van der Waals surface area contributed by atoms with E-state index in [2.05, 4.69) is 15.3 Å². The van der Waals surface area contributed by atoms with Gasteiger partial charge in [0.2, 0.25) is 0 Å². The summed E-state index contributed by atoms with van der Waals surface area (Å²) in [6.45, 7) is 1.70. The molecule has 0 unspecified atom stereocenters. The molecule has 1 rings (SSSR count). The standard InChI is InChI=1S/C7H8ClN3O/c1-4-10-3-5(8)6(11-4)7(12)9-2/h3H,1-2H3,(H,9,12). The normalized spacial score (nSPS) is 9.58. The van der Waals surface area contributed by atoms with Crippen molar-refractivity contribution in [2.24, 2.45) is 0 Å². The van der Waals surface area contributed by atoms with E-state index in [1.807, 2.05) is 0 Å². The van der Waals surface area contributed by atoms with E-state index in [1.165, 1.54) is 13.2 Å². The fourth-order valence-corrected chi connectivity index (χ4v) is 0.910. The van der Waals surface area contributed by atoms with Gasteiger partial charge in [0, 0.05) is 7.05 Å². The van der Waals surface area contributed by atoms with Crippen LogP contribution in [0.3, 0.4) is 0 Å². The SMILES string of the molecule is CNC(=O)c1nc(C)ncc1Cl. The molecule has 0 aliphatic carbocycles. The number of aryl methyl sites for hydroxylation is 1. The van der Waals surface area contributed by atoms with Crippen molar-refractivity contribution in [1.29, 1.82) is 0 Å². The average molecular weight is 186 g/mol. The zero-order valence-electron chi connectivity index (χ0n) is 6.76. The lowest BCUT2D eigenvalue weighted by Crippen LogP contribution is -2.20. The van der Waals surface area contributed by atoms with Gasteiger partial charge in [0.25, 0.3) is 5.91 Å². The van der Waals surface area contributed by atoms with Gasteiger partial charge in [-0.25, -0.2) is 9.97 Å². The Labute approximate surface area is 75.0 Å². The van der Waals surface area contributed by atoms with E-state index < -0.39 is 0 Å². The fraction of sp³-hybridized carbons (Fsp3) is 0.286. The van der Waals surface area contributed by atoms with Crippen molar-refractivity contribution in [3.63, 3.8) is 0 Å². The number of nitrogens with one attached hydrogen (secondary N) is 1. The minimum absolute atomic E-state index is 0.215. The van der Waals surface area contributed by atoms with Gasteiger partial charge in [0.1, 0.15) is 11.5 Å². The monoisotopic (exact) mass is 185 g/mol. The number of nitrogens with zero attached hydrogens (tertiary/aromatic N) is 2. The summed E-state index contributed by atoms with van der Waals surface area (Å²) in [4.78, 5) is 18.8. The van der Waals surface area contributed by atoms with E-state index in [0.717, 1.165) is 0 Å². The second-order valence-corrected chi connectivity index (χ2v) is 2.60. The Kier molecular flexibility index (Phi) is 2.60. The van der Waals surface area contributed by atoms with Gasteiger partial charge in [0.05, 0.1) is 11.2 Å². The lowest BCUT2D eigenvalue weighted by molar-refractivity contribution is 0.0958. The van der Waals surface area contributed by atoms with Crippen LogP contribution in [0.4, 0.5) is 0 Å². The molecule has 0 aliphatic rings. The van der Waals surface area contributed by atoms with Crippen molar-refractivity contribution in [3.8, 4) is 0 Å². The highest BCUT2D eigenvalue weighted by Gasteiger charge is 2.10. The molecule has 1 amide bonds. The average Bonchev–Trinajstić information content (AvgIpc) is 2.08. The maximum atomic E-state index is 11.1. The van der Waals surface area contributed by atoms with Crippen LogP contribution in [-0.2, 0) is 0 Å². The second kappa shape index (κ2) is 3.49. The highest BCUT2D eigenvalue weighted by molar-refractivity contribution is 6.33. The fourth-order valence-electron chi connectivity index (χ4n) is 0.733. The Morgan fingerprint density at radius 3 is 2.92 bits per heavy atom. The quantitative estimate of drug-likeness (QED) is 0.704. The lowest BCUT2D eigenvalue weighted by Gasteiger charge is -2.01. The third-order valence-corrected chi connectivity index (χ3v) is 1.58. The van der Waals surface area contributed by atoms with Crippen molar-refractivity contribution in [3.05, 3.63) is 22.7 Å². The summed E-state index contributed by atoms with van der Waals surface area (Å²) in [5, 5.41) is 2.70. The number of amides is 1. The zero-order valence-corrected chi connectivity index (χ0v) is 7.51. The van der Waals surface area contributed by atoms with E-state index in [-0.39, 0.29) is 16.6 Å². The van der Waals surface area contributed by atoms with Crippen LogP contribution in [0.5, 0.6) is 0 Å². The molecule has 5 heteroatoms. The molecule has 0 saturated heterocycles. The highest BCUT2D eigenvalue weighted by Crippen LogP contribution is 2.11. The van der Waals surface area contributed by atoms with Gasteiger partial charge in [-0.2, -0.15) is 0 Å². The first-order chi connectivity index (χ1) is 5.65. The van der Waals surface area contributed by atoms with Gasteiger partial charge in [-0.3, -0.25) is 4.79 Å². The number of rotatable bonds is 1. The van der Waals surface area contributed by atoms with Crippen LogP contribution >= 0.6 is 11.6 Å². The van der Waals surface area contributed by atoms with Crippen molar-refractivity contribution in [2.45, 2.75) is 6.92 Å². The van der Waals surface area contributed by atoms with Gasteiger partial charge in [-0.1, -0.05) is 11.6 Å². The predicted molar refractivity (Wildman–Crippen MR) is 45.2 cm³/mol. The van der Waals surface area contributed by atoms with E-state index in [4.69, 9.17) is 11.6 Å². The molecule has 12 heavy (non-hydrogen) atoms. The first kappa shape index (κ1) is 8.93. The number of hydrogen-bond acceptors (Lipinski definition) is 3. The Bertz CT molecular complexity index is 314. The van der Waals surface area contributed by atoms with Crippen LogP contribution in [0.1, 0.15) is 16.3 Å². The molecule has 64 valence electrons. The van der Waals surface area contributed by atoms with E-state index in [0.29, 0.717) is 5.82 Å². The van der Waals surface area contributed by atoms with Crippen molar-refractivity contribution >= 4 is 17.5 Å². The number of hydrogen-bond donors (Lipinski definition) is 1. The van der Waals surface area contributed by atoms with Crippen LogP contribution in [0, 0.1) is 6.92 Å². The number of aromatic nitrogens is 2. The van der Waals surface area contributed by atoms with Crippen molar-refractivity contribution < 1.29 is 4.79 Å². The van der Waals surface area contributed by atoms with Gasteiger partial charge in [-0.05, 0) is 6.92 Å². The third kappa shape index (κ3) is 1.71. The summed E-state index contributed by atoms with van der Waals surface area (Å²) in [6, 6.07) is 0. The molecule has 0 aromatic carbocycles. The molecule has 0 aliphatic heterocycles. The van der Waals surface area contributed by atoms with Gasteiger partial charge in [-0.15, -0.1) is 0 Å². The molecular formula is C7H8ClN3O. The summed E-state index contributed by atoms with van der Waals surface area (Å²) in [7, 11) is 1.52. The molecule has 4 nitrogen and oxygen atoms in total. The first-order valence-corrected chi connectivity index (χ1v) is 3.74. The van der Waals surface area contributed by atoms with E-state index in [1.54, 1.807) is 6.92 Å². The molecular weight excluding hydrogens is 178 g/mol. The molecule has 0 saturated carbocycles. The van der Waals surface area contributed by atoms with Gasteiger partial charge in [0.15, 0.2) is 0 Å². The summed E-state index contributed by atoms with van der Waals surface area (Å²) >= 11 is 5.68. The first-order valence-electron chi connectivity index (χ1n) is 3.36. The predicted octanol–water partition coefficient (Wildman–Crippen LogP) is 0.798. The molecule has 1 aromatic rings. The maximum Gasteiger partial charge on any atom is 0.271 e. The Morgan fingerprint density at radius 2 is 2.33 bits per heavy atom. The molecule has 1 heterocycles. The van der Waals surface area contributed by atoms with Crippen LogP contribution in [0.25, 0.3) is 0 Å². The topological polar surface area (TPSA) is 54.9 Å². The van der Waals surface area contributed by atoms with Crippen LogP contribution in [0.15, 0.2) is 6.20 Å². The summed E-state index contributed by atoms with van der Waals surface area (Å²) < 4.78 is 0. The molecule has 0 fully saturated rings. The summed E-state index contributed by atoms with van der Waals surface area (Å²) in [5.41, 5.74) is 0.215. The second-order valence-electron chi connectivity index (χ2n) is 2.19. The number of halogens is 1. The minimum Gasteiger partial charge on any atom is -0.354 e. The van der Waals surface area contributed by atoms with Crippen LogP contribution < -0.4 is 5.32 Å². The van der Waals surface area contributed by atoms with Gasteiger partial charge < -0.3 is 5.32 Å². The van der Waals surface area contributed by atoms with Gasteiger partial charge >= 0.3 is 0 Å². The summed E-state index contributed by atoms with van der Waals surface area (Å²) in [5.74, 6) is 0.225. The minimum atomic E-state index is -0.300. The molecule has 1 aromatic heterocycles. The number of carbonyl (C=O) groups is 1. The maximum absolute atomic E-state index is 11.1. The molecule has 0 bridgehead atoms. The molecule has 0 radical (unpaired) electrons. The Morgan fingerprint density at radius 1 is 1.67 bits per heavy atom. The zero-order chi connectivity index (χ0) is 9.14. The third-order valence-electron chi connectivity index (χ3n) is 1.31. The molecule has 1 N–H and O–H groups in total. The van der Waals surface area contributed by atoms with Crippen LogP contribution in [0.2, 0.25) is 5.02 Å². The Hall–Kier alpha value is -1.16. The van der Waals surface area contributed by atoms with Crippen molar-refractivity contribution in [1.82, 2.24) is 15.3 Å². The number of carbonyl (C=O) groups excluding carboxylic acids is 1. The summed E-state index contributed by atoms with van der Waals surface area (Å²) in [6.07, 6.45) is 1.41. The highest BCUT2D eigenvalue weighted by atomic mass is 35.5. The largest absolute Gasteiger partial charge is 0.354 e. The van der Waals surface area contributed by atoms with E-state index in [9.17, 15) is 4.79 Å². The smallest absolute Gasteiger partial charge is 0.271 e. The Balaban J connectivity index is 3.13. The molecule has 0 atom stereocenters.